The summed E-state index contributed by atoms with van der Waals surface area (Å²) in [5.74, 6) is 1.66. The lowest BCUT2D eigenvalue weighted by Crippen LogP contribution is -2.62. The summed E-state index contributed by atoms with van der Waals surface area (Å²) in [5, 5.41) is 0. The number of anilines is 6. The predicted octanol–water partition coefficient (Wildman–Crippen LogP) is 13.9. The molecule has 0 fully saturated rings. The average molecular weight is 859 g/mol. The van der Waals surface area contributed by atoms with Crippen molar-refractivity contribution in [3.05, 3.63) is 137 Å². The Balaban J connectivity index is 1.26. The highest BCUT2D eigenvalue weighted by atomic mass is 16.5. The summed E-state index contributed by atoms with van der Waals surface area (Å²) < 4.78 is 13.2. The highest BCUT2D eigenvalue weighted by Gasteiger charge is 2.48. The van der Waals surface area contributed by atoms with Crippen molar-refractivity contribution in [1.82, 2.24) is 0 Å². The fourth-order valence-corrected chi connectivity index (χ4v) is 12.1. The lowest BCUT2D eigenvalue weighted by Gasteiger charge is -2.48. The molecule has 5 heteroatoms. The van der Waals surface area contributed by atoms with Gasteiger partial charge in [0, 0.05) is 46.5 Å². The SMILES string of the molecule is Cc1cc2c3c(c1)N(c1ccc(C(C)(C)C)cc1-c1ccccc1)c1cc4c(cc1B3c1cc3c(cc1N2c1ccc2c(c1)C(C)(C)CCC2(C)C)C(C)(C)CCC3(C)C)OCCCO4. The largest absolute Gasteiger partial charge is 0.490 e. The molecular weight excluding hydrogens is 791 g/mol. The summed E-state index contributed by atoms with van der Waals surface area (Å²) in [6.07, 6.45) is 5.54. The minimum Gasteiger partial charge on any atom is -0.490 e. The van der Waals surface area contributed by atoms with Gasteiger partial charge < -0.3 is 19.3 Å². The topological polar surface area (TPSA) is 24.9 Å². The van der Waals surface area contributed by atoms with E-state index in [1.54, 1.807) is 0 Å². The number of nitrogens with zero attached hydrogens (tertiary/aromatic N) is 2. The Morgan fingerprint density at radius 3 is 1.71 bits per heavy atom. The highest BCUT2D eigenvalue weighted by molar-refractivity contribution is 7.00. The minimum atomic E-state index is -0.0385. The zero-order valence-corrected chi connectivity index (χ0v) is 41.1. The normalized spacial score (nSPS) is 19.3. The van der Waals surface area contributed by atoms with Crippen molar-refractivity contribution in [1.29, 1.82) is 0 Å². The van der Waals surface area contributed by atoms with Gasteiger partial charge >= 0.3 is 0 Å². The average Bonchev–Trinajstić information content (AvgIpc) is 3.50. The Labute approximate surface area is 389 Å². The van der Waals surface area contributed by atoms with Crippen LogP contribution in [-0.2, 0) is 27.1 Å². The van der Waals surface area contributed by atoms with Gasteiger partial charge in [0.25, 0.3) is 6.71 Å². The van der Waals surface area contributed by atoms with E-state index < -0.39 is 0 Å². The zero-order valence-electron chi connectivity index (χ0n) is 41.1. The Kier molecular flexibility index (Phi) is 9.29. The first-order valence-corrected chi connectivity index (χ1v) is 24.5. The van der Waals surface area contributed by atoms with Crippen LogP contribution in [0.25, 0.3) is 11.1 Å². The van der Waals surface area contributed by atoms with Crippen molar-refractivity contribution >= 4 is 57.2 Å². The van der Waals surface area contributed by atoms with E-state index in [2.05, 4.69) is 196 Å². The van der Waals surface area contributed by atoms with Gasteiger partial charge in [0.2, 0.25) is 0 Å². The quantitative estimate of drug-likeness (QED) is 0.165. The van der Waals surface area contributed by atoms with E-state index in [0.717, 1.165) is 42.1 Å². The van der Waals surface area contributed by atoms with E-state index in [1.807, 2.05) is 0 Å². The van der Waals surface area contributed by atoms with Crippen LogP contribution in [0.3, 0.4) is 0 Å². The van der Waals surface area contributed by atoms with Crippen molar-refractivity contribution in [2.45, 2.75) is 142 Å². The van der Waals surface area contributed by atoms with Gasteiger partial charge in [0.15, 0.2) is 11.5 Å². The Hall–Kier alpha value is -5.42. The molecule has 6 aromatic rings. The van der Waals surface area contributed by atoms with Gasteiger partial charge in [-0.1, -0.05) is 125 Å². The van der Waals surface area contributed by atoms with Crippen molar-refractivity contribution in [3.8, 4) is 22.6 Å². The molecule has 332 valence electrons. The first-order chi connectivity index (χ1) is 30.7. The Bertz CT molecular complexity index is 2930. The summed E-state index contributed by atoms with van der Waals surface area (Å²) in [7, 11) is 0. The van der Waals surface area contributed by atoms with Crippen molar-refractivity contribution in [2.24, 2.45) is 0 Å². The maximum atomic E-state index is 6.61. The Morgan fingerprint density at radius 1 is 0.508 bits per heavy atom. The van der Waals surface area contributed by atoms with Crippen LogP contribution in [0.5, 0.6) is 11.5 Å². The number of ether oxygens (including phenoxy) is 2. The van der Waals surface area contributed by atoms with Crippen molar-refractivity contribution in [2.75, 3.05) is 23.0 Å². The van der Waals surface area contributed by atoms with Crippen LogP contribution in [0.2, 0.25) is 0 Å². The molecule has 5 aliphatic rings. The second kappa shape index (κ2) is 14.3. The van der Waals surface area contributed by atoms with Gasteiger partial charge in [-0.15, -0.1) is 0 Å². The van der Waals surface area contributed by atoms with E-state index in [9.17, 15) is 0 Å². The van der Waals surface area contributed by atoms with Crippen molar-refractivity contribution < 1.29 is 9.47 Å². The summed E-state index contributed by atoms with van der Waals surface area (Å²) in [4.78, 5) is 5.24. The first-order valence-electron chi connectivity index (χ1n) is 24.5. The number of rotatable bonds is 3. The summed E-state index contributed by atoms with van der Waals surface area (Å²) >= 11 is 0. The number of fused-ring (bicyclic) bond motifs is 7. The van der Waals surface area contributed by atoms with Crippen LogP contribution in [0.15, 0.2) is 103 Å². The summed E-state index contributed by atoms with van der Waals surface area (Å²) in [6, 6.07) is 40.5. The third kappa shape index (κ3) is 6.60. The lowest BCUT2D eigenvalue weighted by molar-refractivity contribution is 0.297. The molecule has 0 spiro atoms. The summed E-state index contributed by atoms with van der Waals surface area (Å²) in [5.41, 5.74) is 22.5. The van der Waals surface area contributed by atoms with Crippen molar-refractivity contribution in [3.63, 3.8) is 0 Å². The van der Waals surface area contributed by atoms with Gasteiger partial charge in [0.1, 0.15) is 0 Å². The molecule has 65 heavy (non-hydrogen) atoms. The fraction of sp³-hybridized carbons (Fsp3) is 0.400. The van der Waals surface area contributed by atoms with Crippen LogP contribution < -0.4 is 35.7 Å². The molecule has 2 aliphatic carbocycles. The molecule has 0 atom stereocenters. The molecule has 0 unspecified atom stereocenters. The maximum Gasteiger partial charge on any atom is 0.252 e. The molecule has 0 radical (unpaired) electrons. The molecule has 11 rings (SSSR count). The molecule has 0 bridgehead atoms. The van der Waals surface area contributed by atoms with Crippen LogP contribution in [-0.4, -0.2) is 19.9 Å². The van der Waals surface area contributed by atoms with Gasteiger partial charge in [-0.2, -0.15) is 0 Å². The molecule has 3 aliphatic heterocycles. The van der Waals surface area contributed by atoms with E-state index in [4.69, 9.17) is 9.47 Å². The molecule has 3 heterocycles. The molecule has 0 amide bonds. The second-order valence-corrected chi connectivity index (χ2v) is 23.8. The standard InChI is InChI=1S/C60H67BN2O2/c1-37-29-51-55-52(30-37)63(48-22-19-39(56(2,3)4)31-41(48)38-17-14-13-15-18-38)50-36-54-53(64-27-16-28-65-54)35-47(50)61(55)46-33-44-45(60(11,12)26-25-59(44,9)10)34-49(46)62(51)40-20-21-42-43(32-40)58(7,8)24-23-57(42,5)6/h13-15,17-22,29-36H,16,23-28H2,1-12H3. The van der Waals surface area contributed by atoms with Gasteiger partial charge in [0.05, 0.1) is 18.9 Å². The number of aryl methyl sites for hydroxylation is 1. The van der Waals surface area contributed by atoms with E-state index in [1.165, 1.54) is 96.5 Å². The molecule has 0 saturated carbocycles. The number of benzene rings is 6. The smallest absolute Gasteiger partial charge is 0.252 e. The highest BCUT2D eigenvalue weighted by Crippen LogP contribution is 2.54. The van der Waals surface area contributed by atoms with Crippen LogP contribution >= 0.6 is 0 Å². The van der Waals surface area contributed by atoms with Gasteiger partial charge in [-0.3, -0.25) is 0 Å². The zero-order chi connectivity index (χ0) is 45.6. The lowest BCUT2D eigenvalue weighted by atomic mass is 9.33. The van der Waals surface area contributed by atoms with E-state index in [0.29, 0.717) is 13.2 Å². The maximum absolute atomic E-state index is 6.61. The van der Waals surface area contributed by atoms with Crippen LogP contribution in [0.1, 0.15) is 142 Å². The predicted molar refractivity (Wildman–Crippen MR) is 276 cm³/mol. The second-order valence-electron chi connectivity index (χ2n) is 23.8. The van der Waals surface area contributed by atoms with Gasteiger partial charge in [-0.25, -0.2) is 0 Å². The molecular formula is C60H67BN2O2. The molecule has 6 aromatic carbocycles. The van der Waals surface area contributed by atoms with Gasteiger partial charge in [-0.05, 0) is 164 Å². The third-order valence-electron chi connectivity index (χ3n) is 16.3. The molecule has 0 N–H and O–H groups in total. The van der Waals surface area contributed by atoms with Crippen LogP contribution in [0.4, 0.5) is 34.1 Å². The monoisotopic (exact) mass is 859 g/mol. The summed E-state index contributed by atoms with van der Waals surface area (Å²) in [6.45, 7) is 30.1. The van der Waals surface area contributed by atoms with Crippen LogP contribution in [0, 0.1) is 6.92 Å². The molecule has 4 nitrogen and oxygen atoms in total. The third-order valence-corrected chi connectivity index (χ3v) is 16.3. The first kappa shape index (κ1) is 42.2. The van der Waals surface area contributed by atoms with E-state index >= 15 is 0 Å². The number of hydrogen-bond acceptors (Lipinski definition) is 4. The minimum absolute atomic E-state index is 0.0255. The van der Waals surface area contributed by atoms with E-state index in [-0.39, 0.29) is 33.8 Å². The molecule has 0 saturated heterocycles. The Morgan fingerprint density at radius 2 is 1.06 bits per heavy atom. The molecule has 0 aromatic heterocycles. The number of hydrogen-bond donors (Lipinski definition) is 0. The fourth-order valence-electron chi connectivity index (χ4n) is 12.1.